The number of nitrogens with one attached hydrogen (secondary N) is 5. The van der Waals surface area contributed by atoms with E-state index < -0.39 is 0 Å². The van der Waals surface area contributed by atoms with Gasteiger partial charge in [0.2, 0.25) is 32.6 Å². The van der Waals surface area contributed by atoms with E-state index >= 15 is 0 Å². The predicted molar refractivity (Wildman–Crippen MR) is 485 cm³/mol. The number of hydrogen-bond donors (Lipinski definition) is 7. The van der Waals surface area contributed by atoms with Gasteiger partial charge in [-0.1, -0.05) is 212 Å². The Balaban J connectivity index is 0.000000650. The van der Waals surface area contributed by atoms with Crippen LogP contribution in [0.15, 0.2) is 28.8 Å². The first-order valence-electron chi connectivity index (χ1n) is 39.3. The molecule has 108 heavy (non-hydrogen) atoms. The molecule has 0 aliphatic heterocycles. The molecule has 0 aliphatic rings. The molecule has 0 atom stereocenters. The third-order valence-corrected chi connectivity index (χ3v) is 20.9. The summed E-state index contributed by atoms with van der Waals surface area (Å²) in [5.41, 5.74) is 21.3. The molecular weight excluding hydrogens is 1470 g/mol. The van der Waals surface area contributed by atoms with Crippen molar-refractivity contribution in [3.05, 3.63) is 122 Å². The van der Waals surface area contributed by atoms with Gasteiger partial charge in [-0.05, 0) is 197 Å². The molecule has 6 rings (SSSR count). The zero-order chi connectivity index (χ0) is 83.4. The van der Waals surface area contributed by atoms with Crippen molar-refractivity contribution in [3.63, 3.8) is 0 Å². The van der Waals surface area contributed by atoms with E-state index in [9.17, 15) is 28.8 Å². The van der Waals surface area contributed by atoms with E-state index in [-0.39, 0.29) is 65.1 Å². The SMILES string of the molecule is CC(C)(C)c1c(NCCCCN)c(=S)c1=O.CCCN(CCC)CCCN(C)c1c(C(C)(C)C)c(=O)c1=S.CN(C)CCCCNc1c(C(C)(C)C)c(=O)c1=S.CN(CCCCN)c1c(C(C)(C)C)c(=O)c1=S.CNCCCCN(C)c1c(C(C)(C)C)c(=O)c1=S.CNCCCCNc1c(C(C)(C)C)c(=O)c1=S. The van der Waals surface area contributed by atoms with Gasteiger partial charge >= 0.3 is 0 Å². The number of rotatable bonds is 37. The Labute approximate surface area is 682 Å². The van der Waals surface area contributed by atoms with Gasteiger partial charge in [0.1, 0.15) is 27.1 Å². The Morgan fingerprint density at radius 3 is 0.796 bits per heavy atom. The molecule has 9 N–H and O–H groups in total. The van der Waals surface area contributed by atoms with Crippen molar-refractivity contribution in [1.82, 2.24) is 20.4 Å². The quantitative estimate of drug-likeness (QED) is 0.0142. The van der Waals surface area contributed by atoms with E-state index in [1.54, 1.807) is 0 Å². The van der Waals surface area contributed by atoms with E-state index in [0.717, 1.165) is 204 Å². The summed E-state index contributed by atoms with van der Waals surface area (Å²) in [7, 11) is 14.1. The Bertz CT molecular complexity index is 4150. The molecular formula is C84H144N12O6S6. The van der Waals surface area contributed by atoms with Crippen molar-refractivity contribution in [3.8, 4) is 0 Å². The molecule has 0 bridgehead atoms. The summed E-state index contributed by atoms with van der Waals surface area (Å²) >= 11 is 30.9. The molecule has 6 aromatic rings. The molecule has 0 aliphatic carbocycles. The van der Waals surface area contributed by atoms with Crippen LogP contribution in [0.5, 0.6) is 0 Å². The lowest BCUT2D eigenvalue weighted by Gasteiger charge is -2.31. The summed E-state index contributed by atoms with van der Waals surface area (Å²) in [5, 5.41) is 16.1. The molecule has 0 radical (unpaired) electrons. The molecule has 0 amide bonds. The van der Waals surface area contributed by atoms with Crippen molar-refractivity contribution in [1.29, 1.82) is 0 Å². The molecule has 24 heteroatoms. The molecule has 612 valence electrons. The molecule has 0 fully saturated rings. The topological polar surface area (TPSA) is 231 Å². The van der Waals surface area contributed by atoms with Crippen LogP contribution in [-0.4, -0.2) is 151 Å². The first-order chi connectivity index (χ1) is 49.9. The van der Waals surface area contributed by atoms with Gasteiger partial charge in [-0.25, -0.2) is 0 Å². The second-order valence-electron chi connectivity index (χ2n) is 35.2. The van der Waals surface area contributed by atoms with Crippen LogP contribution in [-0.2, 0) is 32.5 Å². The summed E-state index contributed by atoms with van der Waals surface area (Å²) in [6, 6.07) is 0. The highest BCUT2D eigenvalue weighted by atomic mass is 32.1. The van der Waals surface area contributed by atoms with Gasteiger partial charge in [0.05, 0.1) is 34.1 Å². The fraction of sp³-hybridized carbons (Fsp3) is 0.714. The maximum absolute atomic E-state index is 12.0. The summed E-state index contributed by atoms with van der Waals surface area (Å²) in [4.78, 5) is 81.9. The second kappa shape index (κ2) is 46.7. The zero-order valence-electron chi connectivity index (χ0n) is 71.9. The Morgan fingerprint density at radius 1 is 0.296 bits per heavy atom. The summed E-state index contributed by atoms with van der Waals surface area (Å²) in [6.45, 7) is 54.9. The normalized spacial score (nSPS) is 12.1. The van der Waals surface area contributed by atoms with Crippen LogP contribution in [0, 0.1) is 27.1 Å². The van der Waals surface area contributed by atoms with Gasteiger partial charge in [-0.3, -0.25) is 28.8 Å². The minimum Gasteiger partial charge on any atom is -0.383 e. The monoisotopic (exact) mass is 1610 g/mol. The van der Waals surface area contributed by atoms with Crippen LogP contribution in [0.25, 0.3) is 0 Å². The number of hydrogen-bond acceptors (Lipinski definition) is 24. The van der Waals surface area contributed by atoms with Gasteiger partial charge in [-0.15, -0.1) is 0 Å². The molecule has 6 aromatic carbocycles. The molecule has 0 aromatic heterocycles. The Kier molecular flexibility index (Phi) is 43.9. The lowest BCUT2D eigenvalue weighted by Crippen LogP contribution is -2.36. The van der Waals surface area contributed by atoms with Gasteiger partial charge in [0, 0.05) is 93.8 Å². The van der Waals surface area contributed by atoms with Crippen molar-refractivity contribution < 1.29 is 0 Å². The Morgan fingerprint density at radius 2 is 0.528 bits per heavy atom. The van der Waals surface area contributed by atoms with Gasteiger partial charge in [-0.2, -0.15) is 0 Å². The summed E-state index contributed by atoms with van der Waals surface area (Å²) in [6.07, 6.45) is 14.2. The van der Waals surface area contributed by atoms with Crippen LogP contribution in [0.2, 0.25) is 0 Å². The van der Waals surface area contributed by atoms with E-state index in [0.29, 0.717) is 40.2 Å². The zero-order valence-corrected chi connectivity index (χ0v) is 76.8. The number of nitrogens with two attached hydrogens (primary N) is 2. The summed E-state index contributed by atoms with van der Waals surface area (Å²) < 4.78 is 2.93. The van der Waals surface area contributed by atoms with Crippen molar-refractivity contribution in [2.24, 2.45) is 11.5 Å². The smallest absolute Gasteiger partial charge is 0.204 e. The van der Waals surface area contributed by atoms with Crippen LogP contribution >= 0.6 is 73.3 Å². The average molecular weight is 1610 g/mol. The molecule has 0 saturated heterocycles. The molecule has 18 nitrogen and oxygen atoms in total. The Hall–Kier alpha value is -4.44. The van der Waals surface area contributed by atoms with Gasteiger partial charge in [0.25, 0.3) is 0 Å². The lowest BCUT2D eigenvalue weighted by atomic mass is 9.82. The molecule has 0 heterocycles. The van der Waals surface area contributed by atoms with E-state index in [1.807, 2.05) is 69.7 Å². The van der Waals surface area contributed by atoms with E-state index in [1.165, 1.54) is 25.9 Å². The van der Waals surface area contributed by atoms with Crippen molar-refractivity contribution in [2.75, 3.05) is 172 Å². The largest absolute Gasteiger partial charge is 0.383 e. The fourth-order valence-corrected chi connectivity index (χ4v) is 14.9. The van der Waals surface area contributed by atoms with Crippen molar-refractivity contribution in [2.45, 2.75) is 254 Å². The molecule has 0 unspecified atom stereocenters. The predicted octanol–water partition coefficient (Wildman–Crippen LogP) is 15.6. The highest BCUT2D eigenvalue weighted by Gasteiger charge is 2.34. The lowest BCUT2D eigenvalue weighted by molar-refractivity contribution is 0.272. The minimum atomic E-state index is -0.129. The maximum Gasteiger partial charge on any atom is 0.204 e. The highest BCUT2D eigenvalue weighted by molar-refractivity contribution is 7.72. The van der Waals surface area contributed by atoms with E-state index in [2.05, 4.69) is 169 Å². The van der Waals surface area contributed by atoms with Crippen LogP contribution in [0.1, 0.15) is 255 Å². The molecule has 0 spiro atoms. The summed E-state index contributed by atoms with van der Waals surface area (Å²) in [5.74, 6) is 0. The van der Waals surface area contributed by atoms with Gasteiger partial charge < -0.3 is 62.6 Å². The minimum absolute atomic E-state index is 0.0313. The van der Waals surface area contributed by atoms with Crippen molar-refractivity contribution >= 4 is 107 Å². The maximum atomic E-state index is 12.0. The third kappa shape index (κ3) is 30.5. The number of nitrogens with zero attached hydrogens (tertiary/aromatic N) is 5. The van der Waals surface area contributed by atoms with Gasteiger partial charge in [0.15, 0.2) is 0 Å². The highest BCUT2D eigenvalue weighted by Crippen LogP contribution is 2.37. The first-order valence-corrected chi connectivity index (χ1v) is 41.8. The van der Waals surface area contributed by atoms with E-state index in [4.69, 9.17) is 84.8 Å². The first kappa shape index (κ1) is 102. The number of anilines is 6. The average Bonchev–Trinajstić information content (AvgIpc) is 0.763. The number of unbranched alkanes of at least 4 members (excludes halogenated alkanes) is 5. The third-order valence-electron chi connectivity index (χ3n) is 18.6. The standard InChI is InChI=1S/C18H32N2OS.2C14H24N2OS.2C13H22N2OS.C12H20N2OS/c1-7-10-20(11-8-2)13-9-12-19(6)15-14(18(3,4)5)16(21)17(15)22;1-14(2,3)10-11(13(18)12(10)17)15-8-6-7-9-16(4)5;1-14(2,3)10-11(13(18)12(10)17)16(5)9-7-6-8-15-4;1-13(2,3)9-10(12(17)11(9)16)15(4)8-6-5-7-14;1-13(2,3)9-10(12(17)11(9)16)15-8-6-5-7-14-4;1-12(2,3)8-9(11(16)10(8)15)14-7-5-4-6-13/h7-13H2,1-6H3;2*15H,6-9H2,1-5H3;5-8,14H2,1-4H3;14-15H,5-8H2,1-4H3;14H,4-7,13H2,1-3H3. The second-order valence-corrected chi connectivity index (χ2v) is 37.7. The van der Waals surface area contributed by atoms with Crippen LogP contribution in [0.3, 0.4) is 0 Å². The fourth-order valence-electron chi connectivity index (χ4n) is 13.0. The molecule has 0 saturated carbocycles. The van der Waals surface area contributed by atoms with Crippen LogP contribution < -0.4 is 85.3 Å². The van der Waals surface area contributed by atoms with Crippen LogP contribution in [0.4, 0.5) is 34.1 Å².